The zero-order chi connectivity index (χ0) is 10.7. The summed E-state index contributed by atoms with van der Waals surface area (Å²) in [5.74, 6) is -0.838. The Labute approximate surface area is 81.7 Å². The normalized spacial score (nSPS) is 12.2. The minimum atomic E-state index is -0.464. The van der Waals surface area contributed by atoms with E-state index in [1.165, 1.54) is 11.8 Å². The van der Waals surface area contributed by atoms with Gasteiger partial charge in [0.25, 0.3) is 0 Å². The summed E-state index contributed by atoms with van der Waals surface area (Å²) >= 11 is 0. The molecule has 0 fully saturated rings. The second kappa shape index (κ2) is 4.04. The van der Waals surface area contributed by atoms with Crippen LogP contribution in [0.5, 0.6) is 0 Å². The molecule has 14 heavy (non-hydrogen) atoms. The van der Waals surface area contributed by atoms with Gasteiger partial charge in [-0.1, -0.05) is 0 Å². The number of esters is 1. The average Bonchev–Trinajstić information content (AvgIpc) is 2.57. The number of rotatable bonds is 3. The van der Waals surface area contributed by atoms with Crippen molar-refractivity contribution in [2.75, 3.05) is 7.11 Å². The Morgan fingerprint density at radius 3 is 2.86 bits per heavy atom. The van der Waals surface area contributed by atoms with E-state index < -0.39 is 5.92 Å². The van der Waals surface area contributed by atoms with Crippen LogP contribution in [0.2, 0.25) is 0 Å². The van der Waals surface area contributed by atoms with Crippen LogP contribution in [0, 0.1) is 0 Å². The molecule has 1 unspecified atom stereocenters. The van der Waals surface area contributed by atoms with Crippen LogP contribution in [0.3, 0.4) is 0 Å². The lowest BCUT2D eigenvalue weighted by Gasteiger charge is -2.06. The van der Waals surface area contributed by atoms with E-state index in [-0.39, 0.29) is 11.7 Å². The highest BCUT2D eigenvalue weighted by molar-refractivity contribution is 5.82. The van der Waals surface area contributed by atoms with Gasteiger partial charge in [-0.15, -0.1) is 0 Å². The minimum Gasteiger partial charge on any atom is -0.469 e. The van der Waals surface area contributed by atoms with E-state index in [1.807, 2.05) is 0 Å². The van der Waals surface area contributed by atoms with Crippen molar-refractivity contribution >= 4 is 12.3 Å². The standard InChI is InChI=1S/C9H12N2O3/c1-6(9(13)14-3)7-4-11(2)10-8(7)5-12/h4-6H,1-3H3. The van der Waals surface area contributed by atoms with Crippen LogP contribution in [0.15, 0.2) is 6.20 Å². The fourth-order valence-corrected chi connectivity index (χ4v) is 1.25. The molecular formula is C9H12N2O3. The van der Waals surface area contributed by atoms with Crippen molar-refractivity contribution in [1.82, 2.24) is 9.78 Å². The molecule has 0 aliphatic carbocycles. The van der Waals surface area contributed by atoms with E-state index in [0.29, 0.717) is 11.8 Å². The molecule has 0 saturated heterocycles. The van der Waals surface area contributed by atoms with Crippen LogP contribution in [0.25, 0.3) is 0 Å². The number of nitrogens with zero attached hydrogens (tertiary/aromatic N) is 2. The lowest BCUT2D eigenvalue weighted by atomic mass is 10.0. The second-order valence-electron chi connectivity index (χ2n) is 3.01. The monoisotopic (exact) mass is 196 g/mol. The predicted molar refractivity (Wildman–Crippen MR) is 49.0 cm³/mol. The van der Waals surface area contributed by atoms with E-state index in [0.717, 1.165) is 0 Å². The highest BCUT2D eigenvalue weighted by Gasteiger charge is 2.21. The molecule has 1 rings (SSSR count). The third-order valence-corrected chi connectivity index (χ3v) is 2.02. The zero-order valence-electron chi connectivity index (χ0n) is 8.35. The van der Waals surface area contributed by atoms with Crippen LogP contribution in [0.1, 0.15) is 28.9 Å². The smallest absolute Gasteiger partial charge is 0.312 e. The van der Waals surface area contributed by atoms with Gasteiger partial charge < -0.3 is 4.74 Å². The molecule has 0 spiro atoms. The second-order valence-corrected chi connectivity index (χ2v) is 3.01. The van der Waals surface area contributed by atoms with Crippen molar-refractivity contribution in [2.45, 2.75) is 12.8 Å². The number of carbonyl (C=O) groups excluding carboxylic acids is 2. The molecule has 1 aromatic rings. The zero-order valence-corrected chi connectivity index (χ0v) is 8.35. The van der Waals surface area contributed by atoms with E-state index in [4.69, 9.17) is 0 Å². The van der Waals surface area contributed by atoms with Gasteiger partial charge in [0, 0.05) is 18.8 Å². The predicted octanol–water partition coefficient (Wildman–Crippen LogP) is 0.509. The summed E-state index contributed by atoms with van der Waals surface area (Å²) in [6.45, 7) is 1.68. The first-order valence-electron chi connectivity index (χ1n) is 4.16. The van der Waals surface area contributed by atoms with Crippen molar-refractivity contribution in [3.05, 3.63) is 17.5 Å². The van der Waals surface area contributed by atoms with Crippen molar-refractivity contribution in [2.24, 2.45) is 7.05 Å². The Hall–Kier alpha value is -1.65. The first-order chi connectivity index (χ1) is 6.60. The average molecular weight is 196 g/mol. The van der Waals surface area contributed by atoms with Gasteiger partial charge >= 0.3 is 5.97 Å². The molecule has 0 radical (unpaired) electrons. The minimum absolute atomic E-state index is 0.283. The van der Waals surface area contributed by atoms with E-state index in [1.54, 1.807) is 20.2 Å². The fourth-order valence-electron chi connectivity index (χ4n) is 1.25. The van der Waals surface area contributed by atoms with Gasteiger partial charge in [0.1, 0.15) is 5.69 Å². The summed E-state index contributed by atoms with van der Waals surface area (Å²) < 4.78 is 6.08. The lowest BCUT2D eigenvalue weighted by molar-refractivity contribution is -0.141. The number of aldehydes is 1. The van der Waals surface area contributed by atoms with Crippen LogP contribution in [0.4, 0.5) is 0 Å². The number of carbonyl (C=O) groups is 2. The largest absolute Gasteiger partial charge is 0.469 e. The molecule has 1 aromatic heterocycles. The van der Waals surface area contributed by atoms with Gasteiger partial charge in [0.2, 0.25) is 0 Å². The molecule has 0 aromatic carbocycles. The van der Waals surface area contributed by atoms with Crippen LogP contribution in [-0.4, -0.2) is 29.1 Å². The summed E-state index contributed by atoms with van der Waals surface area (Å²) in [6.07, 6.45) is 2.28. The molecule has 0 N–H and O–H groups in total. The Balaban J connectivity index is 3.04. The Bertz CT molecular complexity index is 357. The van der Waals surface area contributed by atoms with Gasteiger partial charge in [-0.05, 0) is 6.92 Å². The molecule has 1 heterocycles. The molecule has 0 saturated carbocycles. The number of ether oxygens (including phenoxy) is 1. The Kier molecular flexibility index (Phi) is 3.01. The molecule has 76 valence electrons. The number of aryl methyl sites for hydroxylation is 1. The summed E-state index contributed by atoms with van der Waals surface area (Å²) in [4.78, 5) is 21.8. The van der Waals surface area contributed by atoms with E-state index in [2.05, 4.69) is 9.84 Å². The highest BCUT2D eigenvalue weighted by Crippen LogP contribution is 2.18. The molecule has 0 aliphatic heterocycles. The maximum atomic E-state index is 11.2. The van der Waals surface area contributed by atoms with Crippen LogP contribution >= 0.6 is 0 Å². The molecule has 1 atom stereocenters. The fraction of sp³-hybridized carbons (Fsp3) is 0.444. The van der Waals surface area contributed by atoms with Gasteiger partial charge in [0.05, 0.1) is 13.0 Å². The van der Waals surface area contributed by atoms with Crippen molar-refractivity contribution in [1.29, 1.82) is 0 Å². The molecule has 0 aliphatic rings. The third-order valence-electron chi connectivity index (χ3n) is 2.02. The topological polar surface area (TPSA) is 61.2 Å². The first kappa shape index (κ1) is 10.4. The molecule has 5 nitrogen and oxygen atoms in total. The Morgan fingerprint density at radius 2 is 2.36 bits per heavy atom. The van der Waals surface area contributed by atoms with Gasteiger partial charge in [-0.25, -0.2) is 0 Å². The molecular weight excluding hydrogens is 184 g/mol. The summed E-state index contributed by atoms with van der Waals surface area (Å²) in [6, 6.07) is 0. The van der Waals surface area contributed by atoms with Crippen molar-refractivity contribution < 1.29 is 14.3 Å². The lowest BCUT2D eigenvalue weighted by Crippen LogP contribution is -2.11. The summed E-state index contributed by atoms with van der Waals surface area (Å²) in [7, 11) is 3.01. The van der Waals surface area contributed by atoms with Crippen molar-refractivity contribution in [3.63, 3.8) is 0 Å². The number of hydrogen-bond acceptors (Lipinski definition) is 4. The van der Waals surface area contributed by atoms with E-state index >= 15 is 0 Å². The van der Waals surface area contributed by atoms with Crippen LogP contribution < -0.4 is 0 Å². The SMILES string of the molecule is COC(=O)C(C)c1cn(C)nc1C=O. The number of aromatic nitrogens is 2. The first-order valence-corrected chi connectivity index (χ1v) is 4.16. The van der Waals surface area contributed by atoms with Crippen LogP contribution in [-0.2, 0) is 16.6 Å². The molecule has 0 bridgehead atoms. The Morgan fingerprint density at radius 1 is 1.71 bits per heavy atom. The molecule has 5 heteroatoms. The summed E-state index contributed by atoms with van der Waals surface area (Å²) in [5, 5.41) is 3.91. The third kappa shape index (κ3) is 1.81. The van der Waals surface area contributed by atoms with Gasteiger partial charge in [-0.3, -0.25) is 14.3 Å². The summed E-state index contributed by atoms with van der Waals surface area (Å²) in [5.41, 5.74) is 0.875. The maximum absolute atomic E-state index is 11.2. The van der Waals surface area contributed by atoms with E-state index in [9.17, 15) is 9.59 Å². The molecule has 0 amide bonds. The quantitative estimate of drug-likeness (QED) is 0.522. The van der Waals surface area contributed by atoms with Crippen molar-refractivity contribution in [3.8, 4) is 0 Å². The van der Waals surface area contributed by atoms with Gasteiger partial charge in [0.15, 0.2) is 6.29 Å². The number of methoxy groups -OCH3 is 1. The van der Waals surface area contributed by atoms with Gasteiger partial charge in [-0.2, -0.15) is 5.10 Å². The highest BCUT2D eigenvalue weighted by atomic mass is 16.5. The number of hydrogen-bond donors (Lipinski definition) is 0. The maximum Gasteiger partial charge on any atom is 0.312 e.